The maximum absolute atomic E-state index is 6.25. The molecule has 0 saturated carbocycles. The van der Waals surface area contributed by atoms with Crippen LogP contribution in [-0.4, -0.2) is 15.0 Å². The first kappa shape index (κ1) is 36.1. The zero-order valence-corrected chi connectivity index (χ0v) is 34.5. The Kier molecular flexibility index (Phi) is 8.44. The van der Waals surface area contributed by atoms with Crippen molar-refractivity contribution in [3.05, 3.63) is 217 Å². The third-order valence-electron chi connectivity index (χ3n) is 12.5. The van der Waals surface area contributed by atoms with E-state index in [1.165, 1.54) is 64.7 Å². The average Bonchev–Trinajstić information content (AvgIpc) is 3.91. The first-order valence-corrected chi connectivity index (χ1v) is 21.7. The Balaban J connectivity index is 0.924. The van der Waals surface area contributed by atoms with Crippen LogP contribution in [0.3, 0.4) is 0 Å². The van der Waals surface area contributed by atoms with Crippen LogP contribution in [0.1, 0.15) is 23.1 Å². The molecule has 10 aromatic rings. The lowest BCUT2D eigenvalue weighted by Crippen LogP contribution is -2.16. The third kappa shape index (κ3) is 5.85. The number of hydrogen-bond acceptors (Lipinski definition) is 5. The summed E-state index contributed by atoms with van der Waals surface area (Å²) in [6, 6.07) is 55.4. The van der Waals surface area contributed by atoms with Gasteiger partial charge in [-0.05, 0) is 92.9 Å². The van der Waals surface area contributed by atoms with Gasteiger partial charge in [-0.2, -0.15) is 0 Å². The number of rotatable bonds is 7. The molecular weight excluding hydrogens is 775 g/mol. The largest absolute Gasteiger partial charge is 0.456 e. The van der Waals surface area contributed by atoms with Crippen molar-refractivity contribution in [1.82, 2.24) is 15.0 Å². The van der Waals surface area contributed by atoms with Crippen molar-refractivity contribution < 1.29 is 4.42 Å². The number of fused-ring (bicyclic) bond motifs is 9. The molecule has 62 heavy (non-hydrogen) atoms. The number of thiophene rings is 1. The van der Waals surface area contributed by atoms with E-state index in [0.717, 1.165) is 50.6 Å². The molecule has 0 spiro atoms. The topological polar surface area (TPSA) is 51.8 Å². The van der Waals surface area contributed by atoms with Crippen molar-refractivity contribution in [3.8, 4) is 45.3 Å². The monoisotopic (exact) mass is 811 g/mol. The third-order valence-corrected chi connectivity index (χ3v) is 13.6. The summed E-state index contributed by atoms with van der Waals surface area (Å²) in [5.74, 6) is 2.09. The van der Waals surface area contributed by atoms with Crippen LogP contribution in [0, 0.1) is 5.92 Å². The van der Waals surface area contributed by atoms with Gasteiger partial charge >= 0.3 is 0 Å². The highest BCUT2D eigenvalue weighted by atomic mass is 32.1. The van der Waals surface area contributed by atoms with Gasteiger partial charge in [-0.3, -0.25) is 0 Å². The van der Waals surface area contributed by atoms with Crippen LogP contribution in [0.4, 0.5) is 0 Å². The molecule has 7 aromatic carbocycles. The maximum atomic E-state index is 6.25. The van der Waals surface area contributed by atoms with Crippen LogP contribution in [-0.2, 0) is 0 Å². The lowest BCUT2D eigenvalue weighted by Gasteiger charge is -2.33. The van der Waals surface area contributed by atoms with E-state index in [0.29, 0.717) is 17.5 Å². The Bertz CT molecular complexity index is 3580. The average molecular weight is 812 g/mol. The van der Waals surface area contributed by atoms with E-state index in [4.69, 9.17) is 19.4 Å². The highest BCUT2D eigenvalue weighted by molar-refractivity contribution is 7.26. The summed E-state index contributed by atoms with van der Waals surface area (Å²) in [5.41, 5.74) is 15.5. The molecule has 0 saturated heterocycles. The summed E-state index contributed by atoms with van der Waals surface area (Å²) < 4.78 is 8.79. The molecule has 0 amide bonds. The predicted octanol–water partition coefficient (Wildman–Crippen LogP) is 15.4. The molecule has 0 radical (unpaired) electrons. The molecule has 0 aliphatic heterocycles. The van der Waals surface area contributed by atoms with E-state index in [1.54, 1.807) is 0 Å². The molecule has 0 fully saturated rings. The number of aromatic nitrogens is 3. The standard InChI is InChI=1S/C57H37N3OS/c1-3-40-41(4-2)45-28-25-37(31-48(45)44-16-9-8-15-43(40)44)38-27-30-52-49(32-38)54-42(18-12-20-53(54)62-52)34-21-23-36(24-22-34)56-58-55(35-13-6-5-7-14-35)59-57(60-56)39-26-29-47-46-17-10-11-19-50(46)61-51(47)33-39/h3-27,29-33,45H,1-2,28H2. The van der Waals surface area contributed by atoms with Crippen LogP contribution in [0.15, 0.2) is 205 Å². The fourth-order valence-corrected chi connectivity index (χ4v) is 10.6. The second-order valence-corrected chi connectivity index (χ2v) is 17.0. The summed E-state index contributed by atoms with van der Waals surface area (Å²) in [7, 11) is 0. The lowest BCUT2D eigenvalue weighted by molar-refractivity contribution is 0.669. The fourth-order valence-electron chi connectivity index (χ4n) is 9.51. The van der Waals surface area contributed by atoms with Gasteiger partial charge < -0.3 is 4.42 Å². The number of allylic oxidation sites excluding steroid dienone is 8. The smallest absolute Gasteiger partial charge is 0.164 e. The number of hydrogen-bond donors (Lipinski definition) is 0. The van der Waals surface area contributed by atoms with Gasteiger partial charge in [0.2, 0.25) is 0 Å². The number of nitrogens with zero attached hydrogens (tertiary/aromatic N) is 3. The van der Waals surface area contributed by atoms with Crippen molar-refractivity contribution in [2.24, 2.45) is 5.92 Å². The SMILES string of the molecule is C=CC1=C(C=C)C2CC=C(c3ccc4sc5cccc(-c6ccc(-c7nc(-c8ccccc8)nc(-c8ccc9c(c8)oc8ccccc89)n7)cc6)c5c4c3)C=C2c2ccccc21. The van der Waals surface area contributed by atoms with E-state index in [2.05, 4.69) is 128 Å². The Hall–Kier alpha value is -7.73. The summed E-state index contributed by atoms with van der Waals surface area (Å²) >= 11 is 1.85. The second-order valence-electron chi connectivity index (χ2n) is 15.9. The molecule has 292 valence electrons. The van der Waals surface area contributed by atoms with Gasteiger partial charge in [-0.25, -0.2) is 15.0 Å². The maximum Gasteiger partial charge on any atom is 0.164 e. The normalized spacial score (nSPS) is 14.8. The minimum absolute atomic E-state index is 0.264. The van der Waals surface area contributed by atoms with E-state index in [9.17, 15) is 0 Å². The number of furan rings is 1. The van der Waals surface area contributed by atoms with Crippen molar-refractivity contribution in [2.75, 3.05) is 0 Å². The number of para-hydroxylation sites is 1. The van der Waals surface area contributed by atoms with E-state index in [-0.39, 0.29) is 5.92 Å². The molecule has 1 atom stereocenters. The molecule has 5 heteroatoms. The van der Waals surface area contributed by atoms with Crippen LogP contribution in [0.2, 0.25) is 0 Å². The number of benzene rings is 7. The first-order valence-electron chi connectivity index (χ1n) is 20.9. The molecule has 12 rings (SSSR count). The van der Waals surface area contributed by atoms with Gasteiger partial charge in [-0.15, -0.1) is 11.3 Å². The van der Waals surface area contributed by atoms with Crippen LogP contribution in [0.25, 0.3) is 104 Å². The zero-order chi connectivity index (χ0) is 41.3. The van der Waals surface area contributed by atoms with Crippen LogP contribution < -0.4 is 0 Å². The summed E-state index contributed by atoms with van der Waals surface area (Å²) in [4.78, 5) is 15.1. The summed E-state index contributed by atoms with van der Waals surface area (Å²) in [5, 5.41) is 4.70. The molecule has 2 aliphatic rings. The fraction of sp³-hybridized carbons (Fsp3) is 0.0351. The lowest BCUT2D eigenvalue weighted by atomic mass is 9.71. The van der Waals surface area contributed by atoms with E-state index >= 15 is 0 Å². The molecular formula is C57H37N3OS. The van der Waals surface area contributed by atoms with Crippen LogP contribution in [0.5, 0.6) is 0 Å². The van der Waals surface area contributed by atoms with Crippen molar-refractivity contribution in [1.29, 1.82) is 0 Å². The van der Waals surface area contributed by atoms with Gasteiger partial charge in [0.1, 0.15) is 11.2 Å². The second kappa shape index (κ2) is 14.5. The Morgan fingerprint density at radius 1 is 0.516 bits per heavy atom. The highest BCUT2D eigenvalue weighted by Gasteiger charge is 2.30. The van der Waals surface area contributed by atoms with Crippen molar-refractivity contribution in [3.63, 3.8) is 0 Å². The minimum atomic E-state index is 0.264. The Morgan fingerprint density at radius 3 is 1.98 bits per heavy atom. The highest BCUT2D eigenvalue weighted by Crippen LogP contribution is 2.49. The van der Waals surface area contributed by atoms with Crippen LogP contribution >= 0.6 is 11.3 Å². The van der Waals surface area contributed by atoms with E-state index in [1.807, 2.05) is 78.1 Å². The Morgan fingerprint density at radius 2 is 1.18 bits per heavy atom. The molecule has 3 aromatic heterocycles. The van der Waals surface area contributed by atoms with Gasteiger partial charge in [0.15, 0.2) is 17.5 Å². The van der Waals surface area contributed by atoms with Gasteiger partial charge in [-0.1, -0.05) is 159 Å². The van der Waals surface area contributed by atoms with Gasteiger partial charge in [0.25, 0.3) is 0 Å². The quantitative estimate of drug-likeness (QED) is 0.161. The van der Waals surface area contributed by atoms with Gasteiger partial charge in [0, 0.05) is 53.6 Å². The van der Waals surface area contributed by atoms with E-state index < -0.39 is 0 Å². The minimum Gasteiger partial charge on any atom is -0.456 e. The predicted molar refractivity (Wildman–Crippen MR) is 260 cm³/mol. The van der Waals surface area contributed by atoms with Gasteiger partial charge in [0.05, 0.1) is 0 Å². The van der Waals surface area contributed by atoms with Crippen molar-refractivity contribution >= 4 is 70.2 Å². The Labute approximate surface area is 362 Å². The molecule has 3 heterocycles. The summed E-state index contributed by atoms with van der Waals surface area (Å²) in [6.45, 7) is 8.38. The first-order chi connectivity index (χ1) is 30.6. The molecule has 4 nitrogen and oxygen atoms in total. The summed E-state index contributed by atoms with van der Waals surface area (Å²) in [6.07, 6.45) is 9.73. The van der Waals surface area contributed by atoms with Crippen molar-refractivity contribution in [2.45, 2.75) is 6.42 Å². The molecule has 0 bridgehead atoms. The molecule has 2 aliphatic carbocycles. The molecule has 0 N–H and O–H groups in total. The zero-order valence-electron chi connectivity index (χ0n) is 33.7. The molecule has 1 unspecified atom stereocenters.